The highest BCUT2D eigenvalue weighted by atomic mass is 19.4. The van der Waals surface area contributed by atoms with E-state index in [2.05, 4.69) is 4.74 Å². The molecule has 2 nitrogen and oxygen atoms in total. The standard InChI is InChI=1S/C15H19F11O2/c1-3-9(2)10(27)28-8-14(22,23)13(20,21)5-4-11(16,17)12(18,19)6-7-15(24,25)26/h9H,3-8H2,1-2H3. The number of halogens is 11. The molecule has 0 aliphatic heterocycles. The normalized spacial score (nSPS) is 15.5. The van der Waals surface area contributed by atoms with Crippen LogP contribution in [0.25, 0.3) is 0 Å². The maximum absolute atomic E-state index is 13.5. The molecule has 1 unspecified atom stereocenters. The number of rotatable bonds is 11. The Morgan fingerprint density at radius 2 is 1.07 bits per heavy atom. The highest BCUT2D eigenvalue weighted by molar-refractivity contribution is 5.71. The topological polar surface area (TPSA) is 26.3 Å². The van der Waals surface area contributed by atoms with Gasteiger partial charge in [-0.3, -0.25) is 4.79 Å². The molecule has 0 heterocycles. The summed E-state index contributed by atoms with van der Waals surface area (Å²) in [6, 6.07) is 0. The summed E-state index contributed by atoms with van der Waals surface area (Å²) in [5.74, 6) is -23.3. The Morgan fingerprint density at radius 1 is 0.714 bits per heavy atom. The fraction of sp³-hybridized carbons (Fsp3) is 0.933. The zero-order valence-corrected chi connectivity index (χ0v) is 14.8. The molecule has 1 atom stereocenters. The summed E-state index contributed by atoms with van der Waals surface area (Å²) in [6.45, 7) is 0.557. The van der Waals surface area contributed by atoms with E-state index in [1.807, 2.05) is 0 Å². The molecule has 0 rings (SSSR count). The molecule has 0 N–H and O–H groups in total. The van der Waals surface area contributed by atoms with Gasteiger partial charge in [0, 0.05) is 25.7 Å². The van der Waals surface area contributed by atoms with E-state index >= 15 is 0 Å². The molecular formula is C15H19F11O2. The van der Waals surface area contributed by atoms with Crippen LogP contribution in [0.5, 0.6) is 0 Å². The molecule has 0 bridgehead atoms. The lowest BCUT2D eigenvalue weighted by Gasteiger charge is -2.31. The van der Waals surface area contributed by atoms with Gasteiger partial charge in [0.05, 0.1) is 5.92 Å². The number of carbonyl (C=O) groups excluding carboxylic acids is 1. The van der Waals surface area contributed by atoms with E-state index < -0.39 is 74.0 Å². The van der Waals surface area contributed by atoms with Crippen LogP contribution in [-0.4, -0.2) is 42.4 Å². The van der Waals surface area contributed by atoms with Crippen molar-refractivity contribution >= 4 is 5.97 Å². The molecule has 13 heteroatoms. The Bertz CT molecular complexity index is 515. The lowest BCUT2D eigenvalue weighted by atomic mass is 9.97. The Balaban J connectivity index is 4.99. The van der Waals surface area contributed by atoms with E-state index in [1.54, 1.807) is 0 Å². The van der Waals surface area contributed by atoms with E-state index in [1.165, 1.54) is 13.8 Å². The van der Waals surface area contributed by atoms with Crippen molar-refractivity contribution in [2.75, 3.05) is 6.61 Å². The fourth-order valence-corrected chi connectivity index (χ4v) is 1.74. The minimum Gasteiger partial charge on any atom is -0.459 e. The smallest absolute Gasteiger partial charge is 0.389 e. The third-order valence-corrected chi connectivity index (χ3v) is 3.96. The second-order valence-electron chi connectivity index (χ2n) is 6.35. The van der Waals surface area contributed by atoms with Gasteiger partial charge in [-0.1, -0.05) is 13.8 Å². The number of hydrogen-bond acceptors (Lipinski definition) is 2. The summed E-state index contributed by atoms with van der Waals surface area (Å²) in [5.41, 5.74) is 0. The Labute approximate surface area is 153 Å². The molecule has 0 aromatic heterocycles. The summed E-state index contributed by atoms with van der Waals surface area (Å²) in [4.78, 5) is 11.2. The zero-order valence-electron chi connectivity index (χ0n) is 14.8. The van der Waals surface area contributed by atoms with Gasteiger partial charge in [0.1, 0.15) is 0 Å². The average molecular weight is 440 g/mol. The number of hydrogen-bond donors (Lipinski definition) is 0. The molecule has 0 aliphatic carbocycles. The molecule has 0 aromatic rings. The predicted octanol–water partition coefficient (Wildman–Crippen LogP) is 6.24. The second-order valence-corrected chi connectivity index (χ2v) is 6.35. The monoisotopic (exact) mass is 440 g/mol. The van der Waals surface area contributed by atoms with Crippen molar-refractivity contribution in [1.29, 1.82) is 0 Å². The van der Waals surface area contributed by atoms with E-state index in [4.69, 9.17) is 0 Å². The van der Waals surface area contributed by atoms with Crippen molar-refractivity contribution in [1.82, 2.24) is 0 Å². The molecule has 0 aromatic carbocycles. The first-order valence-electron chi connectivity index (χ1n) is 8.02. The average Bonchev–Trinajstić information content (AvgIpc) is 2.54. The van der Waals surface area contributed by atoms with Crippen LogP contribution in [0.4, 0.5) is 48.3 Å². The minimum atomic E-state index is -5.38. The van der Waals surface area contributed by atoms with E-state index in [-0.39, 0.29) is 6.42 Å². The summed E-state index contributed by atoms with van der Waals surface area (Å²) < 4.78 is 147. The first-order valence-corrected chi connectivity index (χ1v) is 8.02. The highest BCUT2D eigenvalue weighted by Crippen LogP contribution is 2.46. The van der Waals surface area contributed by atoms with Crippen molar-refractivity contribution in [3.05, 3.63) is 0 Å². The first-order chi connectivity index (χ1) is 12.3. The molecule has 0 fully saturated rings. The van der Waals surface area contributed by atoms with Crippen LogP contribution in [0.1, 0.15) is 46.0 Å². The number of alkyl halides is 11. The predicted molar refractivity (Wildman–Crippen MR) is 74.7 cm³/mol. The molecule has 0 amide bonds. The van der Waals surface area contributed by atoms with Crippen LogP contribution in [0.2, 0.25) is 0 Å². The van der Waals surface area contributed by atoms with Gasteiger partial charge in [0.15, 0.2) is 6.61 Å². The van der Waals surface area contributed by atoms with Gasteiger partial charge in [-0.25, -0.2) is 0 Å². The van der Waals surface area contributed by atoms with Crippen molar-refractivity contribution in [3.8, 4) is 0 Å². The second kappa shape index (κ2) is 9.02. The van der Waals surface area contributed by atoms with Gasteiger partial charge in [-0.15, -0.1) is 0 Å². The Hall–Kier alpha value is -1.30. The molecular weight excluding hydrogens is 421 g/mol. The van der Waals surface area contributed by atoms with E-state index in [9.17, 15) is 53.1 Å². The Morgan fingerprint density at radius 3 is 1.43 bits per heavy atom. The maximum Gasteiger partial charge on any atom is 0.389 e. The van der Waals surface area contributed by atoms with Crippen molar-refractivity contribution in [2.45, 2.75) is 75.8 Å². The van der Waals surface area contributed by atoms with Crippen molar-refractivity contribution < 1.29 is 57.8 Å². The van der Waals surface area contributed by atoms with Crippen LogP contribution in [0, 0.1) is 5.92 Å². The summed E-state index contributed by atoms with van der Waals surface area (Å²) >= 11 is 0. The highest BCUT2D eigenvalue weighted by Gasteiger charge is 2.62. The third-order valence-electron chi connectivity index (χ3n) is 3.96. The zero-order chi connectivity index (χ0) is 22.6. The quantitative estimate of drug-likeness (QED) is 0.281. The fourth-order valence-electron chi connectivity index (χ4n) is 1.74. The van der Waals surface area contributed by atoms with Crippen LogP contribution >= 0.6 is 0 Å². The molecule has 168 valence electrons. The summed E-state index contributed by atoms with van der Waals surface area (Å²) in [6.07, 6.45) is -14.7. The lowest BCUT2D eigenvalue weighted by Crippen LogP contribution is -2.48. The number of esters is 1. The Kier molecular flexibility index (Phi) is 8.60. The number of carbonyl (C=O) groups is 1. The first kappa shape index (κ1) is 26.7. The van der Waals surface area contributed by atoms with Gasteiger partial charge in [0.25, 0.3) is 0 Å². The van der Waals surface area contributed by atoms with Crippen molar-refractivity contribution in [2.24, 2.45) is 5.92 Å². The van der Waals surface area contributed by atoms with E-state index in [0.717, 1.165) is 0 Å². The van der Waals surface area contributed by atoms with Crippen LogP contribution in [0.3, 0.4) is 0 Å². The summed E-state index contributed by atoms with van der Waals surface area (Å²) in [7, 11) is 0. The van der Waals surface area contributed by atoms with Crippen LogP contribution in [0.15, 0.2) is 0 Å². The molecule has 28 heavy (non-hydrogen) atoms. The van der Waals surface area contributed by atoms with Gasteiger partial charge in [-0.05, 0) is 6.42 Å². The maximum atomic E-state index is 13.5. The van der Waals surface area contributed by atoms with Crippen LogP contribution in [-0.2, 0) is 9.53 Å². The molecule has 0 aliphatic rings. The minimum absolute atomic E-state index is 0.139. The number of ether oxygens (including phenoxy) is 1. The third kappa shape index (κ3) is 7.61. The molecule has 0 radical (unpaired) electrons. The molecule has 0 saturated heterocycles. The largest absolute Gasteiger partial charge is 0.459 e. The summed E-state index contributed by atoms with van der Waals surface area (Å²) in [5, 5.41) is 0. The van der Waals surface area contributed by atoms with Gasteiger partial charge < -0.3 is 4.74 Å². The molecule has 0 spiro atoms. The van der Waals surface area contributed by atoms with Gasteiger partial charge in [0.2, 0.25) is 0 Å². The van der Waals surface area contributed by atoms with E-state index in [0.29, 0.717) is 0 Å². The van der Waals surface area contributed by atoms with Crippen LogP contribution < -0.4 is 0 Å². The van der Waals surface area contributed by atoms with Gasteiger partial charge >= 0.3 is 35.8 Å². The molecule has 0 saturated carbocycles. The lowest BCUT2D eigenvalue weighted by molar-refractivity contribution is -0.259. The SMILES string of the molecule is CCC(C)C(=O)OCC(F)(F)C(F)(F)CCC(F)(F)C(F)(F)CCC(F)(F)F. The van der Waals surface area contributed by atoms with Crippen molar-refractivity contribution in [3.63, 3.8) is 0 Å². The van der Waals surface area contributed by atoms with Gasteiger partial charge in [-0.2, -0.15) is 48.3 Å².